The Hall–Kier alpha value is -2.04. The van der Waals surface area contributed by atoms with Crippen LogP contribution in [0.25, 0.3) is 0 Å². The van der Waals surface area contributed by atoms with E-state index in [1.807, 2.05) is 19.1 Å². The number of anilines is 1. The van der Waals surface area contributed by atoms with Crippen LogP contribution >= 0.6 is 0 Å². The summed E-state index contributed by atoms with van der Waals surface area (Å²) in [4.78, 5) is 22.2. The average molecular weight is 249 g/mol. The van der Waals surface area contributed by atoms with Crippen LogP contribution in [0.4, 0.5) is 5.69 Å². The van der Waals surface area contributed by atoms with Crippen LogP contribution in [0.5, 0.6) is 0 Å². The van der Waals surface area contributed by atoms with Crippen LogP contribution in [0.15, 0.2) is 24.3 Å². The van der Waals surface area contributed by atoms with Gasteiger partial charge in [-0.2, -0.15) is 0 Å². The summed E-state index contributed by atoms with van der Waals surface area (Å²) in [5, 5.41) is 5.89. The third kappa shape index (κ3) is 4.86. The van der Waals surface area contributed by atoms with E-state index in [1.165, 1.54) is 0 Å². The van der Waals surface area contributed by atoms with Crippen molar-refractivity contribution < 1.29 is 9.59 Å². The van der Waals surface area contributed by atoms with Crippen molar-refractivity contribution in [2.24, 2.45) is 5.73 Å². The highest BCUT2D eigenvalue weighted by Crippen LogP contribution is 2.08. The van der Waals surface area contributed by atoms with Crippen LogP contribution < -0.4 is 16.4 Å². The summed E-state index contributed by atoms with van der Waals surface area (Å²) in [6, 6.07) is 7.26. The molecule has 5 heteroatoms. The zero-order chi connectivity index (χ0) is 13.4. The van der Waals surface area contributed by atoms with Crippen molar-refractivity contribution in [1.82, 2.24) is 5.32 Å². The van der Waals surface area contributed by atoms with Gasteiger partial charge in [-0.05, 0) is 37.6 Å². The van der Waals surface area contributed by atoms with Crippen molar-refractivity contribution in [3.63, 3.8) is 0 Å². The minimum absolute atomic E-state index is 0.137. The molecule has 0 saturated heterocycles. The van der Waals surface area contributed by atoms with Gasteiger partial charge in [0.15, 0.2) is 0 Å². The van der Waals surface area contributed by atoms with Gasteiger partial charge in [-0.15, -0.1) is 0 Å². The van der Waals surface area contributed by atoms with Gasteiger partial charge >= 0.3 is 0 Å². The molecule has 0 aliphatic heterocycles. The summed E-state index contributed by atoms with van der Waals surface area (Å²) in [6.45, 7) is 3.31. The van der Waals surface area contributed by atoms with Gasteiger partial charge in [0.05, 0.1) is 0 Å². The van der Waals surface area contributed by atoms with Crippen molar-refractivity contribution in [3.8, 4) is 0 Å². The number of hydrogen-bond donors (Lipinski definition) is 3. The van der Waals surface area contributed by atoms with E-state index < -0.39 is 0 Å². The molecule has 0 radical (unpaired) electrons. The lowest BCUT2D eigenvalue weighted by Gasteiger charge is -2.06. The first kappa shape index (κ1) is 14.0. The summed E-state index contributed by atoms with van der Waals surface area (Å²) < 4.78 is 0. The van der Waals surface area contributed by atoms with Crippen molar-refractivity contribution in [2.45, 2.75) is 19.8 Å². The van der Waals surface area contributed by atoms with Crippen LogP contribution in [0.3, 0.4) is 0 Å². The van der Waals surface area contributed by atoms with Crippen molar-refractivity contribution in [3.05, 3.63) is 29.8 Å². The smallest absolute Gasteiger partial charge is 0.251 e. The van der Waals surface area contributed by atoms with Crippen LogP contribution in [0, 0.1) is 0 Å². The van der Waals surface area contributed by atoms with Gasteiger partial charge in [0, 0.05) is 30.8 Å². The highest BCUT2D eigenvalue weighted by molar-refractivity contribution is 5.94. The van der Waals surface area contributed by atoms with E-state index in [4.69, 9.17) is 5.73 Å². The SMILES string of the molecule is CCNc1ccc(C(=O)NCCCC(N)=O)cc1. The van der Waals surface area contributed by atoms with Gasteiger partial charge in [0.1, 0.15) is 0 Å². The molecule has 0 aromatic heterocycles. The van der Waals surface area contributed by atoms with E-state index in [-0.39, 0.29) is 11.8 Å². The summed E-state index contributed by atoms with van der Waals surface area (Å²) in [7, 11) is 0. The second kappa shape index (κ2) is 7.32. The average Bonchev–Trinajstić information content (AvgIpc) is 2.35. The van der Waals surface area contributed by atoms with Gasteiger partial charge in [-0.1, -0.05) is 0 Å². The van der Waals surface area contributed by atoms with Crippen LogP contribution in [-0.2, 0) is 4.79 Å². The molecule has 1 aromatic rings. The lowest BCUT2D eigenvalue weighted by Crippen LogP contribution is -2.25. The normalized spacial score (nSPS) is 9.83. The van der Waals surface area contributed by atoms with E-state index in [1.54, 1.807) is 12.1 Å². The molecule has 0 aliphatic carbocycles. The molecule has 0 spiro atoms. The number of nitrogens with two attached hydrogens (primary N) is 1. The minimum Gasteiger partial charge on any atom is -0.385 e. The molecule has 0 unspecified atom stereocenters. The Morgan fingerprint density at radius 2 is 1.89 bits per heavy atom. The molecule has 18 heavy (non-hydrogen) atoms. The second-order valence-corrected chi connectivity index (χ2v) is 3.93. The molecular weight excluding hydrogens is 230 g/mol. The fraction of sp³-hybridized carbons (Fsp3) is 0.385. The maximum absolute atomic E-state index is 11.7. The Morgan fingerprint density at radius 1 is 1.22 bits per heavy atom. The van der Waals surface area contributed by atoms with E-state index in [9.17, 15) is 9.59 Å². The maximum Gasteiger partial charge on any atom is 0.251 e. The van der Waals surface area contributed by atoms with Crippen LogP contribution in [0.1, 0.15) is 30.1 Å². The molecule has 2 amide bonds. The first-order chi connectivity index (χ1) is 8.63. The predicted octanol–water partition coefficient (Wildman–Crippen LogP) is 1.11. The van der Waals surface area contributed by atoms with Gasteiger partial charge < -0.3 is 16.4 Å². The molecule has 5 nitrogen and oxygen atoms in total. The fourth-order valence-electron chi connectivity index (χ4n) is 1.51. The fourth-order valence-corrected chi connectivity index (χ4v) is 1.51. The highest BCUT2D eigenvalue weighted by atomic mass is 16.2. The van der Waals surface area contributed by atoms with Crippen molar-refractivity contribution >= 4 is 17.5 Å². The first-order valence-electron chi connectivity index (χ1n) is 6.04. The Bertz CT molecular complexity index is 401. The molecule has 1 aromatic carbocycles. The van der Waals surface area contributed by atoms with E-state index in [0.717, 1.165) is 12.2 Å². The first-order valence-corrected chi connectivity index (χ1v) is 6.04. The van der Waals surface area contributed by atoms with Crippen molar-refractivity contribution in [2.75, 3.05) is 18.4 Å². The molecule has 0 fully saturated rings. The third-order valence-corrected chi connectivity index (χ3v) is 2.41. The van der Waals surface area contributed by atoms with E-state index >= 15 is 0 Å². The zero-order valence-corrected chi connectivity index (χ0v) is 10.5. The van der Waals surface area contributed by atoms with E-state index in [2.05, 4.69) is 10.6 Å². The van der Waals surface area contributed by atoms with Gasteiger partial charge in [-0.3, -0.25) is 9.59 Å². The summed E-state index contributed by atoms with van der Waals surface area (Å²) in [6.07, 6.45) is 0.857. The van der Waals surface area contributed by atoms with Gasteiger partial charge in [-0.25, -0.2) is 0 Å². The monoisotopic (exact) mass is 249 g/mol. The molecule has 98 valence electrons. The third-order valence-electron chi connectivity index (χ3n) is 2.41. The Labute approximate surface area is 107 Å². The van der Waals surface area contributed by atoms with Gasteiger partial charge in [0.25, 0.3) is 5.91 Å². The number of benzene rings is 1. The second-order valence-electron chi connectivity index (χ2n) is 3.93. The summed E-state index contributed by atoms with van der Waals surface area (Å²) in [5.74, 6) is -0.484. The number of rotatable bonds is 7. The Kier molecular flexibility index (Phi) is 5.70. The number of nitrogens with one attached hydrogen (secondary N) is 2. The maximum atomic E-state index is 11.7. The van der Waals surface area contributed by atoms with Crippen LogP contribution in [-0.4, -0.2) is 24.9 Å². The molecule has 4 N–H and O–H groups in total. The van der Waals surface area contributed by atoms with Gasteiger partial charge in [0.2, 0.25) is 5.91 Å². The van der Waals surface area contributed by atoms with E-state index in [0.29, 0.717) is 24.9 Å². The standard InChI is InChI=1S/C13H19N3O2/c1-2-15-11-7-5-10(6-8-11)13(18)16-9-3-4-12(14)17/h5-8,15H,2-4,9H2,1H3,(H2,14,17)(H,16,18). The topological polar surface area (TPSA) is 84.2 Å². The predicted molar refractivity (Wildman–Crippen MR) is 71.4 cm³/mol. The molecule has 1 rings (SSSR count). The number of amides is 2. The quantitative estimate of drug-likeness (QED) is 0.633. The molecule has 0 saturated carbocycles. The highest BCUT2D eigenvalue weighted by Gasteiger charge is 2.04. The number of carbonyl (C=O) groups excluding carboxylic acids is 2. The number of primary amides is 1. The summed E-state index contributed by atoms with van der Waals surface area (Å²) >= 11 is 0. The van der Waals surface area contributed by atoms with Crippen LogP contribution in [0.2, 0.25) is 0 Å². The summed E-state index contributed by atoms with van der Waals surface area (Å²) in [5.41, 5.74) is 6.60. The van der Waals surface area contributed by atoms with Crippen molar-refractivity contribution in [1.29, 1.82) is 0 Å². The Balaban J connectivity index is 2.39. The zero-order valence-electron chi connectivity index (χ0n) is 10.5. The molecular formula is C13H19N3O2. The lowest BCUT2D eigenvalue weighted by atomic mass is 10.2. The number of carbonyl (C=O) groups is 2. The molecule has 0 bridgehead atoms. The minimum atomic E-state index is -0.348. The number of hydrogen-bond acceptors (Lipinski definition) is 3. The molecule has 0 aliphatic rings. The Morgan fingerprint density at radius 3 is 2.44 bits per heavy atom. The lowest BCUT2D eigenvalue weighted by molar-refractivity contribution is -0.118. The molecule has 0 heterocycles. The largest absolute Gasteiger partial charge is 0.385 e. The molecule has 0 atom stereocenters.